The summed E-state index contributed by atoms with van der Waals surface area (Å²) < 4.78 is 28.8. The third-order valence-corrected chi connectivity index (χ3v) is 6.32. The molecule has 0 unspecified atom stereocenters. The maximum atomic E-state index is 12.7. The maximum absolute atomic E-state index is 12.7. The van der Waals surface area contributed by atoms with Gasteiger partial charge in [0.15, 0.2) is 11.4 Å². The first-order valence-electron chi connectivity index (χ1n) is 9.07. The lowest BCUT2D eigenvalue weighted by Gasteiger charge is -2.34. The van der Waals surface area contributed by atoms with E-state index < -0.39 is 27.1 Å². The molecule has 0 aliphatic carbocycles. The fourth-order valence-electron chi connectivity index (χ4n) is 3.28. The Morgan fingerprint density at radius 2 is 1.83 bits per heavy atom. The highest BCUT2D eigenvalue weighted by Gasteiger charge is 2.31. The fraction of sp³-hybridized carbons (Fsp3) is 0.368. The average molecular weight is 440 g/mol. The minimum atomic E-state index is -3.70. The summed E-state index contributed by atoms with van der Waals surface area (Å²) in [5, 5.41) is 10.7. The Hall–Kier alpha value is -2.36. The number of carbonyl (C=O) groups is 1. The number of nitrogens with one attached hydrogen (secondary N) is 1. The molecule has 1 amide bonds. The van der Waals surface area contributed by atoms with Crippen LogP contribution < -0.4 is 10.2 Å². The molecular formula is C19H22ClN3O5S. The number of halogens is 1. The van der Waals surface area contributed by atoms with Crippen molar-refractivity contribution in [2.45, 2.75) is 38.7 Å². The summed E-state index contributed by atoms with van der Waals surface area (Å²) in [6, 6.07) is 7.51. The number of carbonyl (C=O) groups excluding carboxylic acids is 1. The highest BCUT2D eigenvalue weighted by Crippen LogP contribution is 2.23. The smallest absolute Gasteiger partial charge is 0.274 e. The third kappa shape index (κ3) is 4.63. The summed E-state index contributed by atoms with van der Waals surface area (Å²) in [7, 11) is -3.70. The second-order valence-electron chi connectivity index (χ2n) is 7.15. The van der Waals surface area contributed by atoms with Crippen molar-refractivity contribution in [3.8, 4) is 5.75 Å². The molecule has 0 bridgehead atoms. The standard InChI is InChI=1S/C19H22ClN3O5S/c1-12(2)22-7-8-23-15(9-16(24)18(25)17(23)19(22)26)10-21-29(27,28)11-13-3-5-14(20)6-4-13/h3-6,9,12,21,25H,7-8,10-11H2,1-2H3. The maximum Gasteiger partial charge on any atom is 0.274 e. The predicted octanol–water partition coefficient (Wildman–Crippen LogP) is 1.69. The van der Waals surface area contributed by atoms with Gasteiger partial charge in [-0.2, -0.15) is 0 Å². The van der Waals surface area contributed by atoms with Crippen LogP contribution in [0, 0.1) is 0 Å². The Labute approximate surface area is 173 Å². The van der Waals surface area contributed by atoms with Crippen molar-refractivity contribution in [1.29, 1.82) is 0 Å². The zero-order valence-corrected chi connectivity index (χ0v) is 17.6. The molecule has 2 aromatic rings. The van der Waals surface area contributed by atoms with E-state index in [9.17, 15) is 23.1 Å². The van der Waals surface area contributed by atoms with Gasteiger partial charge in [0.25, 0.3) is 5.91 Å². The number of aromatic nitrogens is 1. The topological polar surface area (TPSA) is 109 Å². The van der Waals surface area contributed by atoms with Crippen LogP contribution in [0.2, 0.25) is 5.02 Å². The van der Waals surface area contributed by atoms with Crippen molar-refractivity contribution in [3.05, 3.63) is 62.5 Å². The number of nitrogens with zero attached hydrogens (tertiary/aromatic N) is 2. The molecule has 10 heteroatoms. The van der Waals surface area contributed by atoms with Crippen LogP contribution in [0.25, 0.3) is 0 Å². The number of rotatable bonds is 6. The van der Waals surface area contributed by atoms with Gasteiger partial charge in [-0.25, -0.2) is 13.1 Å². The van der Waals surface area contributed by atoms with Crippen molar-refractivity contribution < 1.29 is 18.3 Å². The fourth-order valence-corrected chi connectivity index (χ4v) is 4.50. The van der Waals surface area contributed by atoms with E-state index in [0.717, 1.165) is 6.07 Å². The van der Waals surface area contributed by atoms with Gasteiger partial charge in [0.1, 0.15) is 0 Å². The molecular weight excluding hydrogens is 418 g/mol. The molecule has 0 saturated carbocycles. The molecule has 29 heavy (non-hydrogen) atoms. The zero-order valence-electron chi connectivity index (χ0n) is 16.1. The second-order valence-corrected chi connectivity index (χ2v) is 9.39. The van der Waals surface area contributed by atoms with Crippen LogP contribution in [-0.4, -0.2) is 41.5 Å². The van der Waals surface area contributed by atoms with E-state index in [4.69, 9.17) is 11.6 Å². The number of sulfonamides is 1. The lowest BCUT2D eigenvalue weighted by Crippen LogP contribution is -2.46. The molecule has 2 N–H and O–H groups in total. The van der Waals surface area contributed by atoms with Gasteiger partial charge in [-0.05, 0) is 31.5 Å². The minimum absolute atomic E-state index is 0.0905. The summed E-state index contributed by atoms with van der Waals surface area (Å²) in [5.74, 6) is -1.32. The molecule has 1 aliphatic heterocycles. The summed E-state index contributed by atoms with van der Waals surface area (Å²) in [5.41, 5.74) is 0.0558. The summed E-state index contributed by atoms with van der Waals surface area (Å²) >= 11 is 5.81. The van der Waals surface area contributed by atoms with Crippen LogP contribution in [0.1, 0.15) is 35.6 Å². The number of pyridine rings is 1. The number of aromatic hydroxyl groups is 1. The van der Waals surface area contributed by atoms with Crippen LogP contribution >= 0.6 is 11.6 Å². The van der Waals surface area contributed by atoms with E-state index in [-0.39, 0.29) is 24.0 Å². The van der Waals surface area contributed by atoms with Crippen molar-refractivity contribution >= 4 is 27.5 Å². The van der Waals surface area contributed by atoms with Gasteiger partial charge < -0.3 is 14.6 Å². The Morgan fingerprint density at radius 1 is 1.17 bits per heavy atom. The van der Waals surface area contributed by atoms with E-state index in [0.29, 0.717) is 29.4 Å². The first-order valence-corrected chi connectivity index (χ1v) is 11.1. The Bertz CT molecular complexity index is 1090. The van der Waals surface area contributed by atoms with Crippen LogP contribution in [0.4, 0.5) is 0 Å². The highest BCUT2D eigenvalue weighted by molar-refractivity contribution is 7.88. The van der Waals surface area contributed by atoms with Crippen molar-refractivity contribution in [2.75, 3.05) is 6.54 Å². The minimum Gasteiger partial charge on any atom is -0.503 e. The molecule has 3 rings (SSSR count). The van der Waals surface area contributed by atoms with Crippen LogP contribution in [-0.2, 0) is 28.9 Å². The largest absolute Gasteiger partial charge is 0.503 e. The summed E-state index contributed by atoms with van der Waals surface area (Å²) in [6.45, 7) is 4.26. The van der Waals surface area contributed by atoms with Crippen LogP contribution in [0.3, 0.4) is 0 Å². The quantitative estimate of drug-likeness (QED) is 0.712. The molecule has 156 valence electrons. The third-order valence-electron chi connectivity index (χ3n) is 4.77. The SMILES string of the molecule is CC(C)N1CCn2c(CNS(=O)(=O)Cc3ccc(Cl)cc3)cc(=O)c(O)c2C1=O. The molecule has 1 aromatic carbocycles. The van der Waals surface area contributed by atoms with Crippen molar-refractivity contribution in [1.82, 2.24) is 14.2 Å². The Kier molecular flexibility index (Phi) is 6.02. The van der Waals surface area contributed by atoms with E-state index in [1.165, 1.54) is 4.57 Å². The van der Waals surface area contributed by atoms with Gasteiger partial charge in [0.2, 0.25) is 15.5 Å². The van der Waals surface area contributed by atoms with Gasteiger partial charge in [0.05, 0.1) is 12.3 Å². The van der Waals surface area contributed by atoms with Gasteiger partial charge in [-0.15, -0.1) is 0 Å². The van der Waals surface area contributed by atoms with Crippen molar-refractivity contribution in [2.24, 2.45) is 0 Å². The number of fused-ring (bicyclic) bond motifs is 1. The summed E-state index contributed by atoms with van der Waals surface area (Å²) in [4.78, 5) is 26.4. The molecule has 0 radical (unpaired) electrons. The van der Waals surface area contributed by atoms with E-state index in [2.05, 4.69) is 4.72 Å². The van der Waals surface area contributed by atoms with E-state index in [1.54, 1.807) is 29.2 Å². The van der Waals surface area contributed by atoms with Gasteiger partial charge in [-0.1, -0.05) is 23.7 Å². The molecule has 1 aromatic heterocycles. The number of benzene rings is 1. The number of hydrogen-bond acceptors (Lipinski definition) is 5. The Balaban J connectivity index is 1.85. The van der Waals surface area contributed by atoms with Gasteiger partial charge in [0, 0.05) is 35.9 Å². The first kappa shape index (κ1) is 21.4. The number of amides is 1. The van der Waals surface area contributed by atoms with E-state index >= 15 is 0 Å². The van der Waals surface area contributed by atoms with Gasteiger partial charge in [-0.3, -0.25) is 9.59 Å². The lowest BCUT2D eigenvalue weighted by molar-refractivity contribution is 0.0639. The molecule has 0 spiro atoms. The van der Waals surface area contributed by atoms with Crippen molar-refractivity contribution in [3.63, 3.8) is 0 Å². The molecule has 8 nitrogen and oxygen atoms in total. The molecule has 1 aliphatic rings. The molecule has 0 saturated heterocycles. The lowest BCUT2D eigenvalue weighted by atomic mass is 10.1. The highest BCUT2D eigenvalue weighted by atomic mass is 35.5. The molecule has 2 heterocycles. The number of hydrogen-bond donors (Lipinski definition) is 2. The average Bonchev–Trinajstić information content (AvgIpc) is 2.65. The van der Waals surface area contributed by atoms with Crippen LogP contribution in [0.5, 0.6) is 5.75 Å². The predicted molar refractivity (Wildman–Crippen MR) is 109 cm³/mol. The Morgan fingerprint density at radius 3 is 2.45 bits per heavy atom. The van der Waals surface area contributed by atoms with Crippen LogP contribution in [0.15, 0.2) is 35.1 Å². The van der Waals surface area contributed by atoms with Gasteiger partial charge >= 0.3 is 0 Å². The normalized spacial score (nSPS) is 14.3. The van der Waals surface area contributed by atoms with E-state index in [1.807, 2.05) is 13.8 Å². The molecule has 0 fully saturated rings. The summed E-state index contributed by atoms with van der Waals surface area (Å²) in [6.07, 6.45) is 0. The monoisotopic (exact) mass is 439 g/mol. The zero-order chi connectivity index (χ0) is 21.3. The molecule has 0 atom stereocenters. The first-order chi connectivity index (χ1) is 13.6. The second kappa shape index (κ2) is 8.17.